The van der Waals surface area contributed by atoms with Crippen LogP contribution in [-0.2, 0) is 4.79 Å². The molecule has 1 atom stereocenters. The zero-order valence-electron chi connectivity index (χ0n) is 12.4. The number of aryl methyl sites for hydroxylation is 1. The Labute approximate surface area is 135 Å². The van der Waals surface area contributed by atoms with Crippen LogP contribution < -0.4 is 10.1 Å². The van der Waals surface area contributed by atoms with Gasteiger partial charge >= 0.3 is 0 Å². The van der Waals surface area contributed by atoms with Crippen molar-refractivity contribution in [1.82, 2.24) is 5.32 Å². The summed E-state index contributed by atoms with van der Waals surface area (Å²) >= 11 is 6.04. The lowest BCUT2D eigenvalue weighted by Gasteiger charge is -2.19. The minimum Gasteiger partial charge on any atom is -0.476 e. The fourth-order valence-electron chi connectivity index (χ4n) is 2.23. The zero-order chi connectivity index (χ0) is 15.5. The summed E-state index contributed by atoms with van der Waals surface area (Å²) in [7, 11) is 0. The van der Waals surface area contributed by atoms with E-state index in [9.17, 15) is 4.79 Å². The molecule has 22 heavy (non-hydrogen) atoms. The molecule has 0 aliphatic heterocycles. The van der Waals surface area contributed by atoms with Gasteiger partial charge in [0, 0.05) is 16.6 Å². The summed E-state index contributed by atoms with van der Waals surface area (Å²) in [5.74, 6) is 0.544. The van der Waals surface area contributed by atoms with Crippen molar-refractivity contribution in [3.63, 3.8) is 0 Å². The van der Waals surface area contributed by atoms with E-state index in [0.717, 1.165) is 24.0 Å². The van der Waals surface area contributed by atoms with Gasteiger partial charge in [0.1, 0.15) is 5.75 Å². The molecular formula is C18H18ClNO2. The van der Waals surface area contributed by atoms with Crippen molar-refractivity contribution in [3.05, 3.63) is 64.7 Å². The summed E-state index contributed by atoms with van der Waals surface area (Å²) in [5, 5.41) is 3.69. The third-order valence-corrected chi connectivity index (χ3v) is 4.07. The van der Waals surface area contributed by atoms with Gasteiger partial charge in [-0.15, -0.1) is 0 Å². The number of benzene rings is 2. The van der Waals surface area contributed by atoms with E-state index in [4.69, 9.17) is 16.3 Å². The van der Waals surface area contributed by atoms with Crippen molar-refractivity contribution >= 4 is 17.5 Å². The zero-order valence-corrected chi connectivity index (χ0v) is 13.1. The summed E-state index contributed by atoms with van der Waals surface area (Å²) in [4.78, 5) is 12.5. The molecule has 0 bridgehead atoms. The monoisotopic (exact) mass is 315 g/mol. The van der Waals surface area contributed by atoms with E-state index in [-0.39, 0.29) is 5.91 Å². The van der Waals surface area contributed by atoms with Crippen molar-refractivity contribution in [2.75, 3.05) is 0 Å². The standard InChI is InChI=1S/C18H18ClNO2/c1-12-11-15(9-10-16(12)19)22-17(13-5-3-2-4-6-13)18(21)20-14-7-8-14/h2-6,9-11,14,17H,7-8H2,1H3,(H,20,21). The quantitative estimate of drug-likeness (QED) is 0.904. The molecule has 4 heteroatoms. The molecule has 1 fully saturated rings. The molecule has 1 unspecified atom stereocenters. The normalized spacial score (nSPS) is 15.2. The van der Waals surface area contributed by atoms with E-state index in [1.807, 2.05) is 43.3 Å². The van der Waals surface area contributed by atoms with Crippen LogP contribution in [-0.4, -0.2) is 11.9 Å². The van der Waals surface area contributed by atoms with Crippen molar-refractivity contribution in [3.8, 4) is 5.75 Å². The fraction of sp³-hybridized carbons (Fsp3) is 0.278. The second kappa shape index (κ2) is 6.41. The number of hydrogen-bond donors (Lipinski definition) is 1. The number of carbonyl (C=O) groups is 1. The number of carbonyl (C=O) groups excluding carboxylic acids is 1. The van der Waals surface area contributed by atoms with Gasteiger partial charge in [0.05, 0.1) is 0 Å². The number of rotatable bonds is 5. The Bertz CT molecular complexity index is 668. The molecule has 1 N–H and O–H groups in total. The Morgan fingerprint density at radius 1 is 1.23 bits per heavy atom. The highest BCUT2D eigenvalue weighted by molar-refractivity contribution is 6.31. The molecule has 0 heterocycles. The van der Waals surface area contributed by atoms with E-state index in [1.165, 1.54) is 0 Å². The smallest absolute Gasteiger partial charge is 0.266 e. The molecule has 2 aromatic carbocycles. The van der Waals surface area contributed by atoms with Crippen LogP contribution in [0.1, 0.15) is 30.1 Å². The Morgan fingerprint density at radius 3 is 2.59 bits per heavy atom. The van der Waals surface area contributed by atoms with E-state index >= 15 is 0 Å². The topological polar surface area (TPSA) is 38.3 Å². The molecular weight excluding hydrogens is 298 g/mol. The first-order chi connectivity index (χ1) is 10.6. The van der Waals surface area contributed by atoms with Crippen LogP contribution in [0.3, 0.4) is 0 Å². The maximum Gasteiger partial charge on any atom is 0.266 e. The predicted octanol–water partition coefficient (Wildman–Crippen LogP) is 4.05. The van der Waals surface area contributed by atoms with Crippen molar-refractivity contribution < 1.29 is 9.53 Å². The molecule has 3 nitrogen and oxygen atoms in total. The highest BCUT2D eigenvalue weighted by atomic mass is 35.5. The summed E-state index contributed by atoms with van der Waals surface area (Å²) in [6.45, 7) is 1.91. The highest BCUT2D eigenvalue weighted by Gasteiger charge is 2.29. The summed E-state index contributed by atoms with van der Waals surface area (Å²) < 4.78 is 5.96. The first-order valence-electron chi connectivity index (χ1n) is 7.41. The second-order valence-corrected chi connectivity index (χ2v) is 6.01. The van der Waals surface area contributed by atoms with Crippen LogP contribution in [0.4, 0.5) is 0 Å². The maximum absolute atomic E-state index is 12.5. The van der Waals surface area contributed by atoms with Crippen LogP contribution in [0.25, 0.3) is 0 Å². The molecule has 1 amide bonds. The number of amides is 1. The largest absolute Gasteiger partial charge is 0.476 e. The van der Waals surface area contributed by atoms with Gasteiger partial charge in [-0.3, -0.25) is 4.79 Å². The third kappa shape index (κ3) is 3.60. The van der Waals surface area contributed by atoms with Crippen molar-refractivity contribution in [1.29, 1.82) is 0 Å². The van der Waals surface area contributed by atoms with Gasteiger partial charge in [0.25, 0.3) is 5.91 Å². The van der Waals surface area contributed by atoms with E-state index in [1.54, 1.807) is 12.1 Å². The van der Waals surface area contributed by atoms with Crippen molar-refractivity contribution in [2.45, 2.75) is 31.9 Å². The second-order valence-electron chi connectivity index (χ2n) is 5.60. The molecule has 3 rings (SSSR count). The van der Waals surface area contributed by atoms with Crippen LogP contribution in [0, 0.1) is 6.92 Å². The summed E-state index contributed by atoms with van der Waals surface area (Å²) in [5.41, 5.74) is 1.77. The number of hydrogen-bond acceptors (Lipinski definition) is 2. The molecule has 2 aromatic rings. The van der Waals surface area contributed by atoms with Gasteiger partial charge in [-0.1, -0.05) is 41.9 Å². The molecule has 1 aliphatic carbocycles. The van der Waals surface area contributed by atoms with Crippen LogP contribution >= 0.6 is 11.6 Å². The molecule has 0 aromatic heterocycles. The first-order valence-corrected chi connectivity index (χ1v) is 7.79. The fourth-order valence-corrected chi connectivity index (χ4v) is 2.35. The number of nitrogens with one attached hydrogen (secondary N) is 1. The Hall–Kier alpha value is -2.00. The Kier molecular flexibility index (Phi) is 4.34. The maximum atomic E-state index is 12.5. The molecule has 0 spiro atoms. The highest BCUT2D eigenvalue weighted by Crippen LogP contribution is 2.27. The predicted molar refractivity (Wildman–Crippen MR) is 87.2 cm³/mol. The van der Waals surface area contributed by atoms with Gasteiger partial charge < -0.3 is 10.1 Å². The first kappa shape index (κ1) is 14.9. The minimum atomic E-state index is -0.651. The van der Waals surface area contributed by atoms with Gasteiger partial charge in [-0.05, 0) is 43.5 Å². The average molecular weight is 316 g/mol. The molecule has 0 saturated heterocycles. The summed E-state index contributed by atoms with van der Waals surface area (Å²) in [6, 6.07) is 15.3. The van der Waals surface area contributed by atoms with Crippen LogP contribution in [0.15, 0.2) is 48.5 Å². The minimum absolute atomic E-state index is 0.0960. The Balaban J connectivity index is 1.83. The lowest BCUT2D eigenvalue weighted by atomic mass is 10.1. The lowest BCUT2D eigenvalue weighted by Crippen LogP contribution is -2.33. The summed E-state index contributed by atoms with van der Waals surface area (Å²) in [6.07, 6.45) is 1.45. The van der Waals surface area contributed by atoms with E-state index in [2.05, 4.69) is 5.32 Å². The third-order valence-electron chi connectivity index (χ3n) is 3.65. The molecule has 0 radical (unpaired) electrons. The van der Waals surface area contributed by atoms with Gasteiger partial charge in [-0.25, -0.2) is 0 Å². The SMILES string of the molecule is Cc1cc(OC(C(=O)NC2CC2)c2ccccc2)ccc1Cl. The van der Waals surface area contributed by atoms with E-state index < -0.39 is 6.10 Å². The van der Waals surface area contributed by atoms with Gasteiger partial charge in [-0.2, -0.15) is 0 Å². The lowest BCUT2D eigenvalue weighted by molar-refractivity contribution is -0.128. The van der Waals surface area contributed by atoms with Gasteiger partial charge in [0.2, 0.25) is 6.10 Å². The van der Waals surface area contributed by atoms with Crippen LogP contribution in [0.2, 0.25) is 5.02 Å². The van der Waals surface area contributed by atoms with Crippen LogP contribution in [0.5, 0.6) is 5.75 Å². The molecule has 1 aliphatic rings. The average Bonchev–Trinajstić information content (AvgIpc) is 3.33. The number of ether oxygens (including phenoxy) is 1. The number of halogens is 1. The molecule has 1 saturated carbocycles. The van der Waals surface area contributed by atoms with Crippen molar-refractivity contribution in [2.24, 2.45) is 0 Å². The Morgan fingerprint density at radius 2 is 1.95 bits per heavy atom. The molecule has 114 valence electrons. The van der Waals surface area contributed by atoms with Gasteiger partial charge in [0.15, 0.2) is 0 Å². The van der Waals surface area contributed by atoms with E-state index in [0.29, 0.717) is 16.8 Å².